The van der Waals surface area contributed by atoms with E-state index >= 15 is 0 Å². The second-order valence-corrected chi connectivity index (χ2v) is 5.60. The number of nitrogens with two attached hydrogens (primary N) is 1. The molecule has 1 aliphatic carbocycles. The van der Waals surface area contributed by atoms with Gasteiger partial charge in [0.2, 0.25) is 5.91 Å². The van der Waals surface area contributed by atoms with Gasteiger partial charge in [-0.05, 0) is 25.0 Å². The van der Waals surface area contributed by atoms with Gasteiger partial charge in [-0.15, -0.1) is 0 Å². The average molecular weight is 292 g/mol. The van der Waals surface area contributed by atoms with Crippen LogP contribution in [0.4, 0.5) is 5.69 Å². The molecule has 108 valence electrons. The fourth-order valence-electron chi connectivity index (χ4n) is 2.73. The first-order valence-electron chi connectivity index (χ1n) is 6.84. The Labute approximate surface area is 124 Å². The van der Waals surface area contributed by atoms with E-state index in [0.29, 0.717) is 16.4 Å². The standard InChI is InChI=1S/C15H20N2O2S/c1-19-12-8-4-3-7-11(12)17-14(18)15(13(16)20)9-5-2-6-10-15/h3-4,7-8H,2,5-6,9-10H2,1H3,(H2,16,20)(H,17,18). The van der Waals surface area contributed by atoms with Crippen molar-refractivity contribution in [2.75, 3.05) is 12.4 Å². The van der Waals surface area contributed by atoms with Crippen molar-refractivity contribution >= 4 is 28.8 Å². The van der Waals surface area contributed by atoms with Crippen molar-refractivity contribution in [3.8, 4) is 5.75 Å². The molecule has 1 aliphatic rings. The fourth-order valence-corrected chi connectivity index (χ4v) is 3.03. The topological polar surface area (TPSA) is 64.3 Å². The number of amides is 1. The van der Waals surface area contributed by atoms with Crippen molar-refractivity contribution < 1.29 is 9.53 Å². The van der Waals surface area contributed by atoms with Crippen LogP contribution in [0.5, 0.6) is 5.75 Å². The summed E-state index contributed by atoms with van der Waals surface area (Å²) in [4.78, 5) is 13.0. The number of ether oxygens (including phenoxy) is 1. The van der Waals surface area contributed by atoms with Gasteiger partial charge in [-0.2, -0.15) is 0 Å². The number of anilines is 1. The van der Waals surface area contributed by atoms with Crippen LogP contribution in [0.3, 0.4) is 0 Å². The van der Waals surface area contributed by atoms with Crippen molar-refractivity contribution in [1.82, 2.24) is 0 Å². The van der Waals surface area contributed by atoms with Gasteiger partial charge in [-0.3, -0.25) is 4.79 Å². The molecule has 5 heteroatoms. The molecule has 1 aromatic carbocycles. The molecule has 0 atom stereocenters. The minimum atomic E-state index is -0.714. The molecule has 0 aromatic heterocycles. The van der Waals surface area contributed by atoms with Crippen LogP contribution < -0.4 is 15.8 Å². The predicted octanol–water partition coefficient (Wildman–Crippen LogP) is 2.87. The minimum absolute atomic E-state index is 0.116. The molecule has 1 aromatic rings. The number of para-hydroxylation sites is 2. The Hall–Kier alpha value is -1.62. The first kappa shape index (κ1) is 14.8. The maximum absolute atomic E-state index is 12.7. The van der Waals surface area contributed by atoms with E-state index in [1.807, 2.05) is 24.3 Å². The Morgan fingerprint density at radius 1 is 1.30 bits per heavy atom. The predicted molar refractivity (Wildman–Crippen MR) is 83.9 cm³/mol. The monoisotopic (exact) mass is 292 g/mol. The summed E-state index contributed by atoms with van der Waals surface area (Å²) in [5, 5.41) is 2.92. The maximum atomic E-state index is 12.7. The fraction of sp³-hybridized carbons (Fsp3) is 0.467. The number of benzene rings is 1. The van der Waals surface area contributed by atoms with Crippen molar-refractivity contribution in [3.05, 3.63) is 24.3 Å². The number of nitrogens with one attached hydrogen (secondary N) is 1. The van der Waals surface area contributed by atoms with Crippen LogP contribution in [-0.4, -0.2) is 18.0 Å². The molecule has 0 spiro atoms. The van der Waals surface area contributed by atoms with E-state index in [0.717, 1.165) is 32.1 Å². The largest absolute Gasteiger partial charge is 0.495 e. The van der Waals surface area contributed by atoms with Gasteiger partial charge in [-0.25, -0.2) is 0 Å². The zero-order valence-corrected chi connectivity index (χ0v) is 12.5. The summed E-state index contributed by atoms with van der Waals surface area (Å²) in [7, 11) is 1.58. The van der Waals surface area contributed by atoms with Crippen molar-refractivity contribution in [1.29, 1.82) is 0 Å². The Kier molecular flexibility index (Phi) is 4.60. The first-order chi connectivity index (χ1) is 9.60. The van der Waals surface area contributed by atoms with Crippen molar-refractivity contribution in [2.45, 2.75) is 32.1 Å². The van der Waals surface area contributed by atoms with E-state index in [4.69, 9.17) is 22.7 Å². The third-order valence-corrected chi connectivity index (χ3v) is 4.36. The number of hydrogen-bond acceptors (Lipinski definition) is 3. The number of rotatable bonds is 4. The van der Waals surface area contributed by atoms with Crippen LogP contribution in [0.25, 0.3) is 0 Å². The molecule has 0 aliphatic heterocycles. The third kappa shape index (κ3) is 2.77. The van der Waals surface area contributed by atoms with Gasteiger partial charge in [0.15, 0.2) is 0 Å². The second-order valence-electron chi connectivity index (χ2n) is 5.16. The highest BCUT2D eigenvalue weighted by atomic mass is 32.1. The summed E-state index contributed by atoms with van der Waals surface area (Å²) in [6.45, 7) is 0. The lowest BCUT2D eigenvalue weighted by molar-refractivity contribution is -0.123. The number of methoxy groups -OCH3 is 1. The highest BCUT2D eigenvalue weighted by Gasteiger charge is 2.42. The van der Waals surface area contributed by atoms with Gasteiger partial charge in [0.25, 0.3) is 0 Å². The smallest absolute Gasteiger partial charge is 0.237 e. The van der Waals surface area contributed by atoms with Crippen LogP contribution in [-0.2, 0) is 4.79 Å². The van der Waals surface area contributed by atoms with E-state index < -0.39 is 5.41 Å². The highest BCUT2D eigenvalue weighted by molar-refractivity contribution is 7.80. The van der Waals surface area contributed by atoms with Crippen LogP contribution in [0.2, 0.25) is 0 Å². The van der Waals surface area contributed by atoms with Crippen LogP contribution in [0.1, 0.15) is 32.1 Å². The third-order valence-electron chi connectivity index (χ3n) is 3.97. The van der Waals surface area contributed by atoms with Gasteiger partial charge >= 0.3 is 0 Å². The molecular formula is C15H20N2O2S. The van der Waals surface area contributed by atoms with E-state index in [1.165, 1.54) is 0 Å². The first-order valence-corrected chi connectivity index (χ1v) is 7.25. The van der Waals surface area contributed by atoms with Gasteiger partial charge in [-0.1, -0.05) is 43.6 Å². The Morgan fingerprint density at radius 3 is 2.55 bits per heavy atom. The molecule has 0 unspecified atom stereocenters. The van der Waals surface area contributed by atoms with Gasteiger partial charge in [0.05, 0.1) is 23.2 Å². The highest BCUT2D eigenvalue weighted by Crippen LogP contribution is 2.38. The lowest BCUT2D eigenvalue weighted by Gasteiger charge is -2.34. The van der Waals surface area contributed by atoms with Crippen molar-refractivity contribution in [3.63, 3.8) is 0 Å². The molecule has 3 N–H and O–H groups in total. The zero-order chi connectivity index (χ0) is 14.6. The number of hydrogen-bond donors (Lipinski definition) is 2. The summed E-state index contributed by atoms with van der Waals surface area (Å²) in [6.07, 6.45) is 4.55. The number of thiocarbonyl (C=S) groups is 1. The lowest BCUT2D eigenvalue weighted by Crippen LogP contribution is -2.47. The van der Waals surface area contributed by atoms with Crippen LogP contribution in [0.15, 0.2) is 24.3 Å². The minimum Gasteiger partial charge on any atom is -0.495 e. The molecule has 0 saturated heterocycles. The maximum Gasteiger partial charge on any atom is 0.237 e. The molecule has 0 bridgehead atoms. The van der Waals surface area contributed by atoms with E-state index in [1.54, 1.807) is 7.11 Å². The molecular weight excluding hydrogens is 272 g/mol. The summed E-state index contributed by atoms with van der Waals surface area (Å²) in [6, 6.07) is 7.33. The zero-order valence-electron chi connectivity index (χ0n) is 11.6. The molecule has 4 nitrogen and oxygen atoms in total. The summed E-state index contributed by atoms with van der Waals surface area (Å²) in [5.41, 5.74) is 5.81. The van der Waals surface area contributed by atoms with E-state index in [2.05, 4.69) is 5.32 Å². The van der Waals surface area contributed by atoms with Gasteiger partial charge < -0.3 is 15.8 Å². The molecule has 1 saturated carbocycles. The summed E-state index contributed by atoms with van der Waals surface area (Å²) in [5.74, 6) is 0.518. The Morgan fingerprint density at radius 2 is 1.95 bits per heavy atom. The van der Waals surface area contributed by atoms with Crippen LogP contribution >= 0.6 is 12.2 Å². The number of carbonyl (C=O) groups is 1. The van der Waals surface area contributed by atoms with Gasteiger partial charge in [0.1, 0.15) is 5.75 Å². The Balaban J connectivity index is 2.23. The molecule has 0 heterocycles. The molecule has 1 amide bonds. The van der Waals surface area contributed by atoms with Crippen LogP contribution in [0, 0.1) is 5.41 Å². The molecule has 20 heavy (non-hydrogen) atoms. The normalized spacial score (nSPS) is 17.2. The lowest BCUT2D eigenvalue weighted by atomic mass is 9.73. The van der Waals surface area contributed by atoms with Gasteiger partial charge in [0, 0.05) is 0 Å². The molecule has 0 radical (unpaired) electrons. The van der Waals surface area contributed by atoms with E-state index in [9.17, 15) is 4.79 Å². The van der Waals surface area contributed by atoms with Crippen molar-refractivity contribution in [2.24, 2.45) is 11.1 Å². The average Bonchev–Trinajstić information content (AvgIpc) is 2.48. The Bertz CT molecular complexity index is 510. The summed E-state index contributed by atoms with van der Waals surface area (Å²) >= 11 is 5.17. The SMILES string of the molecule is COc1ccccc1NC(=O)C1(C(N)=S)CCCCC1. The van der Waals surface area contributed by atoms with E-state index in [-0.39, 0.29) is 5.91 Å². The molecule has 1 fully saturated rings. The molecule has 2 rings (SSSR count). The summed E-state index contributed by atoms with van der Waals surface area (Å²) < 4.78 is 5.25. The second kappa shape index (κ2) is 6.22. The quantitative estimate of drug-likeness (QED) is 0.838. The number of carbonyl (C=O) groups excluding carboxylic acids is 1.